The fourth-order valence-electron chi connectivity index (χ4n) is 5.67. The van der Waals surface area contributed by atoms with Crippen LogP contribution in [-0.2, 0) is 19.1 Å². The normalized spacial score (nSPS) is 18.6. The van der Waals surface area contributed by atoms with Crippen LogP contribution in [0.3, 0.4) is 0 Å². The van der Waals surface area contributed by atoms with Crippen molar-refractivity contribution >= 4 is 27.3 Å². The monoisotopic (exact) mass is 677 g/mol. The van der Waals surface area contributed by atoms with Crippen molar-refractivity contribution in [3.63, 3.8) is 0 Å². The molecule has 0 amide bonds. The van der Waals surface area contributed by atoms with Crippen LogP contribution in [0.1, 0.15) is 57.6 Å². The van der Waals surface area contributed by atoms with E-state index in [1.807, 2.05) is 43.3 Å². The molecule has 2 aliphatic heterocycles. The first-order chi connectivity index (χ1) is 23.1. The second-order valence-corrected chi connectivity index (χ2v) is 15.3. The fraction of sp³-hybridized carbons (Fsp3) is 0.514. The van der Waals surface area contributed by atoms with E-state index in [1.165, 1.54) is 31.4 Å². The van der Waals surface area contributed by atoms with Crippen LogP contribution < -0.4 is 24.0 Å². The second kappa shape index (κ2) is 15.2. The van der Waals surface area contributed by atoms with Gasteiger partial charge >= 0.3 is 0 Å². The number of pyridine rings is 1. The molecule has 11 heteroatoms. The van der Waals surface area contributed by atoms with Crippen LogP contribution in [0.2, 0.25) is 0 Å². The van der Waals surface area contributed by atoms with Crippen molar-refractivity contribution in [2.45, 2.75) is 64.1 Å². The number of nitrogens with zero attached hydrogens (tertiary/aromatic N) is 3. The fourth-order valence-corrected chi connectivity index (χ4v) is 6.28. The lowest BCUT2D eigenvalue weighted by atomic mass is 10.0. The van der Waals surface area contributed by atoms with Gasteiger partial charge in [-0.1, -0.05) is 6.92 Å². The Bertz CT molecular complexity index is 1600. The third kappa shape index (κ3) is 10.3. The van der Waals surface area contributed by atoms with E-state index in [4.69, 9.17) is 18.4 Å². The molecular weight excluding hydrogens is 630 g/mol. The van der Waals surface area contributed by atoms with Crippen molar-refractivity contribution in [2.24, 2.45) is 11.8 Å². The van der Waals surface area contributed by atoms with Crippen LogP contribution in [0.5, 0.6) is 17.2 Å². The maximum absolute atomic E-state index is 11.3. The minimum Gasteiger partial charge on any atom is -0.493 e. The molecule has 0 radical (unpaired) electrons. The van der Waals surface area contributed by atoms with E-state index in [9.17, 15) is 13.2 Å². The standard InChI is InChI=1S/C23H28N2O3.C14H19NO4S/c1-16(11-17(2)26)23-10-9-21(12-24-23)28-22-13-25(14-22)19-5-7-20(8-6-19)27-15-18-3-4-18;1-20(16,17)19-14-8-15(9-14)12-4-6-13(7-5-12)18-10-11-2-3-11/h5-10,12,16,18,22H,3-4,11,13-15H2,1-2H3;4-7,11,14H,2-3,8-10H2,1H3/t16-;/m1./s1. The summed E-state index contributed by atoms with van der Waals surface area (Å²) in [4.78, 5) is 20.1. The van der Waals surface area contributed by atoms with E-state index in [-0.39, 0.29) is 23.9 Å². The predicted molar refractivity (Wildman–Crippen MR) is 186 cm³/mol. The molecule has 0 spiro atoms. The van der Waals surface area contributed by atoms with E-state index >= 15 is 0 Å². The number of hydrogen-bond donors (Lipinski definition) is 0. The Kier molecular flexibility index (Phi) is 10.8. The Morgan fingerprint density at radius 3 is 1.67 bits per heavy atom. The van der Waals surface area contributed by atoms with Gasteiger partial charge in [0, 0.05) is 42.5 Å². The van der Waals surface area contributed by atoms with E-state index in [0.29, 0.717) is 19.5 Å². The number of ketones is 1. The molecule has 2 aliphatic carbocycles. The lowest BCUT2D eigenvalue weighted by Gasteiger charge is -2.40. The smallest absolute Gasteiger partial charge is 0.264 e. The van der Waals surface area contributed by atoms with Gasteiger partial charge in [-0.05, 0) is 105 Å². The highest BCUT2D eigenvalue weighted by atomic mass is 32.2. The Morgan fingerprint density at radius 2 is 1.25 bits per heavy atom. The van der Waals surface area contributed by atoms with E-state index in [1.54, 1.807) is 13.1 Å². The summed E-state index contributed by atoms with van der Waals surface area (Å²) < 4.78 is 44.4. The molecule has 2 aromatic carbocycles. The second-order valence-electron chi connectivity index (χ2n) is 13.7. The van der Waals surface area contributed by atoms with Gasteiger partial charge in [0.1, 0.15) is 35.2 Å². The summed E-state index contributed by atoms with van der Waals surface area (Å²) >= 11 is 0. The van der Waals surface area contributed by atoms with Gasteiger partial charge in [0.2, 0.25) is 0 Å². The molecule has 0 bridgehead atoms. The first-order valence-electron chi connectivity index (χ1n) is 17.0. The largest absolute Gasteiger partial charge is 0.493 e. The predicted octanol–water partition coefficient (Wildman–Crippen LogP) is 5.86. The van der Waals surface area contributed by atoms with Gasteiger partial charge in [-0.3, -0.25) is 9.17 Å². The van der Waals surface area contributed by atoms with Gasteiger partial charge < -0.3 is 28.8 Å². The quantitative estimate of drug-likeness (QED) is 0.182. The van der Waals surface area contributed by atoms with Crippen LogP contribution in [0.4, 0.5) is 11.4 Å². The average molecular weight is 678 g/mol. The molecule has 7 rings (SSSR count). The molecule has 3 heterocycles. The highest BCUT2D eigenvalue weighted by molar-refractivity contribution is 7.86. The highest BCUT2D eigenvalue weighted by Gasteiger charge is 2.31. The van der Waals surface area contributed by atoms with Crippen LogP contribution >= 0.6 is 0 Å². The van der Waals surface area contributed by atoms with E-state index < -0.39 is 10.1 Å². The number of ether oxygens (including phenoxy) is 3. The first-order valence-corrected chi connectivity index (χ1v) is 18.8. The summed E-state index contributed by atoms with van der Waals surface area (Å²) in [5.41, 5.74) is 3.20. The molecule has 2 saturated carbocycles. The molecule has 3 aromatic rings. The van der Waals surface area contributed by atoms with Crippen molar-refractivity contribution < 1.29 is 31.6 Å². The van der Waals surface area contributed by atoms with Crippen molar-refractivity contribution in [1.29, 1.82) is 0 Å². The molecule has 48 heavy (non-hydrogen) atoms. The summed E-state index contributed by atoms with van der Waals surface area (Å²) in [6.45, 7) is 8.24. The summed E-state index contributed by atoms with van der Waals surface area (Å²) in [6.07, 6.45) is 8.51. The van der Waals surface area contributed by atoms with E-state index in [2.05, 4.69) is 39.0 Å². The maximum atomic E-state index is 11.3. The number of Topliss-reactive ketones (excluding diaryl/α,β-unsaturated/α-hetero) is 1. The number of anilines is 2. The lowest BCUT2D eigenvalue weighted by molar-refractivity contribution is -0.117. The lowest BCUT2D eigenvalue weighted by Crippen LogP contribution is -2.54. The summed E-state index contributed by atoms with van der Waals surface area (Å²) in [5, 5.41) is 0. The number of carbonyl (C=O) groups is 1. The van der Waals surface area contributed by atoms with Crippen molar-refractivity contribution in [3.05, 3.63) is 72.6 Å². The number of rotatable bonds is 15. The van der Waals surface area contributed by atoms with Gasteiger partial charge in [0.05, 0.1) is 38.8 Å². The summed E-state index contributed by atoms with van der Waals surface area (Å²) in [5.74, 6) is 4.48. The zero-order valence-corrected chi connectivity index (χ0v) is 28.9. The highest BCUT2D eigenvalue weighted by Crippen LogP contribution is 2.32. The molecule has 258 valence electrons. The molecule has 4 aliphatic rings. The Labute approximate surface area is 284 Å². The maximum Gasteiger partial charge on any atom is 0.264 e. The van der Waals surface area contributed by atoms with Gasteiger partial charge in [0.25, 0.3) is 10.1 Å². The first kappa shape index (κ1) is 34.0. The number of hydrogen-bond acceptors (Lipinski definition) is 10. The Hall–Kier alpha value is -3.83. The van der Waals surface area contributed by atoms with Crippen molar-refractivity contribution in [1.82, 2.24) is 4.98 Å². The van der Waals surface area contributed by atoms with Gasteiger partial charge in [0.15, 0.2) is 0 Å². The van der Waals surface area contributed by atoms with Crippen LogP contribution in [0.25, 0.3) is 0 Å². The van der Waals surface area contributed by atoms with Crippen molar-refractivity contribution in [3.8, 4) is 17.2 Å². The molecule has 4 fully saturated rings. The minimum atomic E-state index is -3.35. The molecule has 0 unspecified atom stereocenters. The number of carbonyl (C=O) groups excluding carboxylic acids is 1. The topological polar surface area (TPSA) is 107 Å². The number of benzene rings is 2. The van der Waals surface area contributed by atoms with Crippen LogP contribution in [0, 0.1) is 11.8 Å². The van der Waals surface area contributed by atoms with Gasteiger partial charge in [-0.2, -0.15) is 8.42 Å². The SMILES string of the molecule is CC(=O)C[C@@H](C)c1ccc(OC2CN(c3ccc(OCC4CC4)cc3)C2)cn1.CS(=O)(=O)OC1CN(c2ccc(OCC3CC3)cc2)C1. The Morgan fingerprint density at radius 1 is 0.771 bits per heavy atom. The van der Waals surface area contributed by atoms with Crippen LogP contribution in [-0.4, -0.2) is 77.0 Å². The summed E-state index contributed by atoms with van der Waals surface area (Å²) in [7, 11) is -3.35. The summed E-state index contributed by atoms with van der Waals surface area (Å²) in [6, 6.07) is 20.2. The minimum absolute atomic E-state index is 0.141. The molecule has 1 aromatic heterocycles. The average Bonchev–Trinajstić information content (AvgIpc) is 3.95. The molecule has 2 saturated heterocycles. The molecule has 0 N–H and O–H groups in total. The van der Waals surface area contributed by atoms with Crippen molar-refractivity contribution in [2.75, 3.05) is 55.4 Å². The zero-order chi connectivity index (χ0) is 33.7. The third-order valence-corrected chi connectivity index (χ3v) is 9.56. The third-order valence-electron chi connectivity index (χ3n) is 8.94. The van der Waals surface area contributed by atoms with Crippen LogP contribution in [0.15, 0.2) is 66.9 Å². The molecule has 10 nitrogen and oxygen atoms in total. The Balaban J connectivity index is 0.000000177. The molecular formula is C37H47N3O7S. The zero-order valence-electron chi connectivity index (χ0n) is 28.1. The van der Waals surface area contributed by atoms with E-state index in [0.717, 1.165) is 73.0 Å². The van der Waals surface area contributed by atoms with Gasteiger partial charge in [-0.25, -0.2) is 0 Å². The van der Waals surface area contributed by atoms with Gasteiger partial charge in [-0.15, -0.1) is 0 Å². The number of aromatic nitrogens is 1. The molecule has 1 atom stereocenters.